The second-order valence-electron chi connectivity index (χ2n) is 3.54. The Bertz CT molecular complexity index is 525. The van der Waals surface area contributed by atoms with Crippen LogP contribution in [0.2, 0.25) is 5.02 Å². The molecule has 2 rings (SSSR count). The summed E-state index contributed by atoms with van der Waals surface area (Å²) >= 11 is 5.94. The standard InChI is InChI=1S/C13H12ClN3/c14-10-5-4-8-12(9-10)17(13(15)16)11-6-2-1-3-7-11/h1-9H,(H3,15,16). The zero-order valence-electron chi connectivity index (χ0n) is 9.10. The maximum atomic E-state index is 7.66. The summed E-state index contributed by atoms with van der Waals surface area (Å²) in [6, 6.07) is 16.7. The van der Waals surface area contributed by atoms with Gasteiger partial charge in [-0.25, -0.2) is 0 Å². The van der Waals surface area contributed by atoms with Crippen LogP contribution in [0.3, 0.4) is 0 Å². The minimum absolute atomic E-state index is 0.0431. The molecule has 0 unspecified atom stereocenters. The first-order chi connectivity index (χ1) is 8.18. The van der Waals surface area contributed by atoms with Gasteiger partial charge in [-0.1, -0.05) is 35.9 Å². The normalized spacial score (nSPS) is 9.94. The maximum Gasteiger partial charge on any atom is 0.197 e. The topological polar surface area (TPSA) is 53.1 Å². The molecule has 0 amide bonds. The molecule has 0 fully saturated rings. The Labute approximate surface area is 105 Å². The molecule has 0 radical (unpaired) electrons. The zero-order valence-corrected chi connectivity index (χ0v) is 9.85. The summed E-state index contributed by atoms with van der Waals surface area (Å²) in [5, 5.41) is 8.27. The van der Waals surface area contributed by atoms with Gasteiger partial charge in [0.15, 0.2) is 5.96 Å². The van der Waals surface area contributed by atoms with Crippen molar-refractivity contribution in [2.45, 2.75) is 0 Å². The third-order valence-electron chi connectivity index (χ3n) is 2.32. The number of guanidine groups is 1. The van der Waals surface area contributed by atoms with Gasteiger partial charge in [-0.05, 0) is 30.3 Å². The first kappa shape index (κ1) is 11.5. The van der Waals surface area contributed by atoms with Crippen LogP contribution >= 0.6 is 11.6 Å². The molecule has 0 heterocycles. The number of halogens is 1. The largest absolute Gasteiger partial charge is 0.369 e. The van der Waals surface area contributed by atoms with E-state index in [2.05, 4.69) is 0 Å². The van der Waals surface area contributed by atoms with Crippen molar-refractivity contribution in [2.75, 3.05) is 4.90 Å². The highest BCUT2D eigenvalue weighted by Crippen LogP contribution is 2.26. The predicted molar refractivity (Wildman–Crippen MR) is 71.9 cm³/mol. The van der Waals surface area contributed by atoms with E-state index >= 15 is 0 Å². The molecule has 0 saturated heterocycles. The van der Waals surface area contributed by atoms with Gasteiger partial charge in [0.25, 0.3) is 0 Å². The van der Waals surface area contributed by atoms with E-state index in [1.165, 1.54) is 0 Å². The second-order valence-corrected chi connectivity index (χ2v) is 3.97. The molecule has 4 heteroatoms. The van der Waals surface area contributed by atoms with Crippen LogP contribution in [0.25, 0.3) is 0 Å². The van der Waals surface area contributed by atoms with E-state index in [1.54, 1.807) is 17.0 Å². The zero-order chi connectivity index (χ0) is 12.3. The van der Waals surface area contributed by atoms with Crippen LogP contribution in [-0.4, -0.2) is 5.96 Å². The number of hydrogen-bond donors (Lipinski definition) is 2. The van der Waals surface area contributed by atoms with Gasteiger partial charge >= 0.3 is 0 Å². The average molecular weight is 246 g/mol. The van der Waals surface area contributed by atoms with Gasteiger partial charge in [0.05, 0.1) is 5.69 Å². The van der Waals surface area contributed by atoms with Crippen LogP contribution in [-0.2, 0) is 0 Å². The molecule has 0 saturated carbocycles. The monoisotopic (exact) mass is 245 g/mol. The molecule has 0 aromatic heterocycles. The van der Waals surface area contributed by atoms with E-state index in [-0.39, 0.29) is 5.96 Å². The van der Waals surface area contributed by atoms with Gasteiger partial charge in [0, 0.05) is 10.7 Å². The van der Waals surface area contributed by atoms with E-state index in [0.717, 1.165) is 11.4 Å². The summed E-state index contributed by atoms with van der Waals surface area (Å²) in [6.07, 6.45) is 0. The van der Waals surface area contributed by atoms with Crippen LogP contribution in [0.15, 0.2) is 54.6 Å². The SMILES string of the molecule is N=C(N)N(c1ccccc1)c1cccc(Cl)c1. The number of nitrogens with two attached hydrogens (primary N) is 1. The molecule has 3 N–H and O–H groups in total. The van der Waals surface area contributed by atoms with Crippen molar-refractivity contribution >= 4 is 28.9 Å². The molecule has 2 aromatic rings. The fourth-order valence-electron chi connectivity index (χ4n) is 1.62. The molecule has 3 nitrogen and oxygen atoms in total. The Kier molecular flexibility index (Phi) is 3.30. The Morgan fingerprint density at radius 3 is 2.24 bits per heavy atom. The molecule has 0 bridgehead atoms. The highest BCUT2D eigenvalue weighted by molar-refractivity contribution is 6.31. The highest BCUT2D eigenvalue weighted by atomic mass is 35.5. The van der Waals surface area contributed by atoms with Gasteiger partial charge in [-0.2, -0.15) is 0 Å². The number of rotatable bonds is 2. The summed E-state index contributed by atoms with van der Waals surface area (Å²) < 4.78 is 0. The number of hydrogen-bond acceptors (Lipinski definition) is 1. The summed E-state index contributed by atoms with van der Waals surface area (Å²) in [5.41, 5.74) is 7.23. The number of benzene rings is 2. The summed E-state index contributed by atoms with van der Waals surface area (Å²) in [5.74, 6) is -0.0431. The third kappa shape index (κ3) is 2.57. The molecule has 17 heavy (non-hydrogen) atoms. The van der Waals surface area contributed by atoms with Crippen LogP contribution in [0.4, 0.5) is 11.4 Å². The van der Waals surface area contributed by atoms with E-state index in [4.69, 9.17) is 22.7 Å². The number of nitrogens with zero attached hydrogens (tertiary/aromatic N) is 1. The van der Waals surface area contributed by atoms with Gasteiger partial charge < -0.3 is 5.73 Å². The third-order valence-corrected chi connectivity index (χ3v) is 2.56. The van der Waals surface area contributed by atoms with Gasteiger partial charge in [0.1, 0.15) is 0 Å². The molecule has 0 aliphatic heterocycles. The molecule has 0 atom stereocenters. The van der Waals surface area contributed by atoms with Crippen molar-refractivity contribution in [2.24, 2.45) is 5.73 Å². The first-order valence-electron chi connectivity index (χ1n) is 5.13. The molecular weight excluding hydrogens is 234 g/mol. The van der Waals surface area contributed by atoms with Gasteiger partial charge in [-0.15, -0.1) is 0 Å². The molecule has 2 aromatic carbocycles. The Balaban J connectivity index is 2.47. The molecule has 86 valence electrons. The van der Waals surface area contributed by atoms with Crippen LogP contribution < -0.4 is 10.6 Å². The van der Waals surface area contributed by atoms with Crippen LogP contribution in [0, 0.1) is 5.41 Å². The Morgan fingerprint density at radius 2 is 1.65 bits per heavy atom. The van der Waals surface area contributed by atoms with Gasteiger partial charge in [0.2, 0.25) is 0 Å². The Morgan fingerprint density at radius 1 is 1.00 bits per heavy atom. The van der Waals surface area contributed by atoms with Crippen molar-refractivity contribution in [3.05, 3.63) is 59.6 Å². The Hall–Kier alpha value is -2.00. The lowest BCUT2D eigenvalue weighted by Crippen LogP contribution is -2.32. The lowest BCUT2D eigenvalue weighted by Gasteiger charge is -2.22. The van der Waals surface area contributed by atoms with Crippen molar-refractivity contribution in [1.29, 1.82) is 5.41 Å². The second kappa shape index (κ2) is 4.89. The smallest absolute Gasteiger partial charge is 0.197 e. The fourth-order valence-corrected chi connectivity index (χ4v) is 1.80. The summed E-state index contributed by atoms with van der Waals surface area (Å²) in [4.78, 5) is 1.63. The number of para-hydroxylation sites is 1. The number of nitrogens with one attached hydrogen (secondary N) is 1. The fraction of sp³-hybridized carbons (Fsp3) is 0. The molecule has 0 spiro atoms. The molecule has 0 aliphatic carbocycles. The van der Waals surface area contributed by atoms with Crippen LogP contribution in [0.5, 0.6) is 0 Å². The quantitative estimate of drug-likeness (QED) is 0.630. The predicted octanol–water partition coefficient (Wildman–Crippen LogP) is 3.37. The van der Waals surface area contributed by atoms with Crippen molar-refractivity contribution < 1.29 is 0 Å². The van der Waals surface area contributed by atoms with Crippen molar-refractivity contribution in [3.8, 4) is 0 Å². The van der Waals surface area contributed by atoms with E-state index in [9.17, 15) is 0 Å². The first-order valence-corrected chi connectivity index (χ1v) is 5.51. The molecule has 0 aliphatic rings. The van der Waals surface area contributed by atoms with Crippen molar-refractivity contribution in [1.82, 2.24) is 0 Å². The number of anilines is 2. The minimum atomic E-state index is -0.0431. The molecular formula is C13H12ClN3. The minimum Gasteiger partial charge on any atom is -0.369 e. The average Bonchev–Trinajstić information content (AvgIpc) is 2.30. The highest BCUT2D eigenvalue weighted by Gasteiger charge is 2.11. The van der Waals surface area contributed by atoms with Crippen LogP contribution in [0.1, 0.15) is 0 Å². The maximum absolute atomic E-state index is 7.66. The lowest BCUT2D eigenvalue weighted by molar-refractivity contribution is 1.26. The summed E-state index contributed by atoms with van der Waals surface area (Å²) in [6.45, 7) is 0. The van der Waals surface area contributed by atoms with E-state index in [0.29, 0.717) is 5.02 Å². The summed E-state index contributed by atoms with van der Waals surface area (Å²) in [7, 11) is 0. The van der Waals surface area contributed by atoms with E-state index in [1.807, 2.05) is 42.5 Å². The van der Waals surface area contributed by atoms with E-state index < -0.39 is 0 Å². The van der Waals surface area contributed by atoms with Crippen molar-refractivity contribution in [3.63, 3.8) is 0 Å². The van der Waals surface area contributed by atoms with Gasteiger partial charge in [-0.3, -0.25) is 10.3 Å². The lowest BCUT2D eigenvalue weighted by atomic mass is 10.2.